The monoisotopic (exact) mass is 272 g/mol. The number of nitrogens with zero attached hydrogens (tertiary/aromatic N) is 1. The molecule has 3 aliphatic rings. The summed E-state index contributed by atoms with van der Waals surface area (Å²) in [6, 6.07) is 0.550. The number of piperidine rings is 3. The van der Waals surface area contributed by atoms with E-state index in [0.717, 1.165) is 12.5 Å². The SMILES string of the molecule is COCC(C)OCC(O)CNC1CN2CCC1CC2. The van der Waals surface area contributed by atoms with Gasteiger partial charge in [-0.15, -0.1) is 0 Å². The number of ether oxygens (including phenoxy) is 2. The van der Waals surface area contributed by atoms with E-state index in [4.69, 9.17) is 9.47 Å². The Labute approximate surface area is 116 Å². The molecule has 112 valence electrons. The molecule has 3 atom stereocenters. The minimum atomic E-state index is -0.435. The third-order valence-electron chi connectivity index (χ3n) is 4.25. The Morgan fingerprint density at radius 2 is 2.05 bits per heavy atom. The average Bonchev–Trinajstić information content (AvgIpc) is 2.44. The molecule has 3 unspecified atom stereocenters. The van der Waals surface area contributed by atoms with Crippen LogP contribution in [0.2, 0.25) is 0 Å². The molecular formula is C14H28N2O3. The van der Waals surface area contributed by atoms with Gasteiger partial charge in [0.2, 0.25) is 0 Å². The van der Waals surface area contributed by atoms with Gasteiger partial charge in [0.05, 0.1) is 25.4 Å². The maximum absolute atomic E-state index is 9.93. The second kappa shape index (κ2) is 7.55. The number of rotatable bonds is 8. The molecule has 0 aromatic carbocycles. The molecule has 3 rings (SSSR count). The molecule has 3 saturated heterocycles. The van der Waals surface area contributed by atoms with Crippen molar-refractivity contribution in [2.75, 3.05) is 46.5 Å². The van der Waals surface area contributed by atoms with Gasteiger partial charge in [-0.1, -0.05) is 0 Å². The summed E-state index contributed by atoms with van der Waals surface area (Å²) in [5.41, 5.74) is 0. The first-order valence-corrected chi connectivity index (χ1v) is 7.43. The van der Waals surface area contributed by atoms with Crippen LogP contribution in [0.3, 0.4) is 0 Å². The molecule has 3 fully saturated rings. The van der Waals surface area contributed by atoms with Gasteiger partial charge in [0.15, 0.2) is 0 Å². The Balaban J connectivity index is 1.59. The fourth-order valence-electron chi connectivity index (χ4n) is 3.10. The molecule has 19 heavy (non-hydrogen) atoms. The van der Waals surface area contributed by atoms with Gasteiger partial charge in [-0.25, -0.2) is 0 Å². The molecule has 0 aliphatic carbocycles. The highest BCUT2D eigenvalue weighted by atomic mass is 16.5. The highest BCUT2D eigenvalue weighted by Gasteiger charge is 2.33. The zero-order valence-electron chi connectivity index (χ0n) is 12.2. The minimum absolute atomic E-state index is 0.0384. The number of aliphatic hydroxyl groups excluding tert-OH is 1. The number of aliphatic hydroxyl groups is 1. The van der Waals surface area contributed by atoms with Gasteiger partial charge in [0.25, 0.3) is 0 Å². The van der Waals surface area contributed by atoms with Crippen LogP contribution in [0.15, 0.2) is 0 Å². The number of hydrogen-bond donors (Lipinski definition) is 2. The predicted molar refractivity (Wildman–Crippen MR) is 74.3 cm³/mol. The van der Waals surface area contributed by atoms with Crippen LogP contribution in [0.5, 0.6) is 0 Å². The highest BCUT2D eigenvalue weighted by molar-refractivity contribution is 4.91. The van der Waals surface area contributed by atoms with E-state index in [-0.39, 0.29) is 6.10 Å². The zero-order valence-corrected chi connectivity index (χ0v) is 12.2. The van der Waals surface area contributed by atoms with Crippen LogP contribution in [-0.2, 0) is 9.47 Å². The van der Waals surface area contributed by atoms with Crippen LogP contribution in [0.1, 0.15) is 19.8 Å². The summed E-state index contributed by atoms with van der Waals surface area (Å²) >= 11 is 0. The summed E-state index contributed by atoms with van der Waals surface area (Å²) < 4.78 is 10.5. The molecule has 5 heteroatoms. The van der Waals surface area contributed by atoms with E-state index in [0.29, 0.717) is 25.8 Å². The van der Waals surface area contributed by atoms with Crippen LogP contribution < -0.4 is 5.32 Å². The lowest BCUT2D eigenvalue weighted by Gasteiger charge is -2.45. The summed E-state index contributed by atoms with van der Waals surface area (Å²) in [6.45, 7) is 7.16. The smallest absolute Gasteiger partial charge is 0.0897 e. The quantitative estimate of drug-likeness (QED) is 0.655. The van der Waals surface area contributed by atoms with E-state index in [2.05, 4.69) is 10.2 Å². The van der Waals surface area contributed by atoms with Crippen LogP contribution >= 0.6 is 0 Å². The van der Waals surface area contributed by atoms with E-state index < -0.39 is 6.10 Å². The summed E-state index contributed by atoms with van der Waals surface area (Å²) in [5.74, 6) is 0.797. The van der Waals surface area contributed by atoms with E-state index in [1.807, 2.05) is 6.92 Å². The fourth-order valence-corrected chi connectivity index (χ4v) is 3.10. The van der Waals surface area contributed by atoms with Gasteiger partial charge in [-0.2, -0.15) is 0 Å². The molecule has 2 bridgehead atoms. The second-order valence-corrected chi connectivity index (χ2v) is 5.91. The molecule has 0 aromatic heterocycles. The van der Waals surface area contributed by atoms with Gasteiger partial charge < -0.3 is 24.8 Å². The van der Waals surface area contributed by atoms with Crippen LogP contribution in [-0.4, -0.2) is 74.8 Å². The van der Waals surface area contributed by atoms with Crippen molar-refractivity contribution in [1.82, 2.24) is 10.2 Å². The summed E-state index contributed by atoms with van der Waals surface area (Å²) in [7, 11) is 1.66. The Kier molecular flexibility index (Phi) is 6.04. The minimum Gasteiger partial charge on any atom is -0.389 e. The number of hydrogen-bond acceptors (Lipinski definition) is 5. The summed E-state index contributed by atoms with van der Waals surface area (Å²) in [6.07, 6.45) is 2.20. The van der Waals surface area contributed by atoms with E-state index >= 15 is 0 Å². The van der Waals surface area contributed by atoms with Crippen molar-refractivity contribution < 1.29 is 14.6 Å². The Bertz CT molecular complexity index is 257. The van der Waals surface area contributed by atoms with Crippen molar-refractivity contribution in [3.8, 4) is 0 Å². The molecule has 0 spiro atoms. The van der Waals surface area contributed by atoms with Crippen LogP contribution in [0.25, 0.3) is 0 Å². The lowest BCUT2D eigenvalue weighted by Crippen LogP contribution is -2.57. The Morgan fingerprint density at radius 1 is 1.32 bits per heavy atom. The van der Waals surface area contributed by atoms with Crippen molar-refractivity contribution >= 4 is 0 Å². The largest absolute Gasteiger partial charge is 0.389 e. The second-order valence-electron chi connectivity index (χ2n) is 5.91. The average molecular weight is 272 g/mol. The van der Waals surface area contributed by atoms with E-state index in [9.17, 15) is 5.11 Å². The fraction of sp³-hybridized carbons (Fsp3) is 1.00. The van der Waals surface area contributed by atoms with Gasteiger partial charge in [0, 0.05) is 26.2 Å². The van der Waals surface area contributed by atoms with Gasteiger partial charge in [0.1, 0.15) is 0 Å². The number of methoxy groups -OCH3 is 1. The third-order valence-corrected chi connectivity index (χ3v) is 4.25. The lowest BCUT2D eigenvalue weighted by atomic mass is 9.84. The molecule has 0 aromatic rings. The van der Waals surface area contributed by atoms with Gasteiger partial charge >= 0.3 is 0 Å². The number of fused-ring (bicyclic) bond motifs is 3. The molecule has 3 heterocycles. The van der Waals surface area contributed by atoms with Crippen LogP contribution in [0, 0.1) is 5.92 Å². The highest BCUT2D eigenvalue weighted by Crippen LogP contribution is 2.27. The summed E-state index contributed by atoms with van der Waals surface area (Å²) in [5, 5.41) is 13.4. The lowest BCUT2D eigenvalue weighted by molar-refractivity contribution is -0.0336. The molecule has 0 radical (unpaired) electrons. The van der Waals surface area contributed by atoms with Gasteiger partial charge in [-0.3, -0.25) is 0 Å². The normalized spacial score (nSPS) is 33.3. The molecule has 2 N–H and O–H groups in total. The topological polar surface area (TPSA) is 54.0 Å². The predicted octanol–water partition coefficient (Wildman–Crippen LogP) is 0.0826. The third kappa shape index (κ3) is 4.68. The Morgan fingerprint density at radius 3 is 2.63 bits per heavy atom. The first kappa shape index (κ1) is 15.2. The molecular weight excluding hydrogens is 244 g/mol. The molecule has 3 aliphatic heterocycles. The van der Waals surface area contributed by atoms with Crippen molar-refractivity contribution in [2.45, 2.75) is 38.0 Å². The maximum Gasteiger partial charge on any atom is 0.0897 e. The van der Waals surface area contributed by atoms with Crippen molar-refractivity contribution in [3.63, 3.8) is 0 Å². The first-order valence-electron chi connectivity index (χ1n) is 7.43. The molecule has 5 nitrogen and oxygen atoms in total. The molecule has 0 saturated carbocycles. The standard InChI is InChI=1S/C14H28N2O3/c1-11(9-18-2)19-10-13(17)7-15-14-8-16-5-3-12(14)4-6-16/h11-15,17H,3-10H2,1-2H3. The van der Waals surface area contributed by atoms with Crippen molar-refractivity contribution in [2.24, 2.45) is 5.92 Å². The van der Waals surface area contributed by atoms with E-state index in [1.165, 1.54) is 25.9 Å². The summed E-state index contributed by atoms with van der Waals surface area (Å²) in [4.78, 5) is 2.52. The van der Waals surface area contributed by atoms with Crippen LogP contribution in [0.4, 0.5) is 0 Å². The first-order chi connectivity index (χ1) is 9.19. The van der Waals surface area contributed by atoms with Gasteiger partial charge in [-0.05, 0) is 38.8 Å². The van der Waals surface area contributed by atoms with Crippen molar-refractivity contribution in [3.05, 3.63) is 0 Å². The number of nitrogens with one attached hydrogen (secondary N) is 1. The molecule has 0 amide bonds. The Hall–Kier alpha value is -0.200. The maximum atomic E-state index is 9.93. The van der Waals surface area contributed by atoms with Crippen molar-refractivity contribution in [1.29, 1.82) is 0 Å². The van der Waals surface area contributed by atoms with E-state index in [1.54, 1.807) is 7.11 Å². The zero-order chi connectivity index (χ0) is 13.7.